The molecule has 352 valence electrons. The van der Waals surface area contributed by atoms with Crippen LogP contribution in [0.15, 0.2) is 74.9 Å². The van der Waals surface area contributed by atoms with E-state index in [2.05, 4.69) is 98.5 Å². The van der Waals surface area contributed by atoms with Gasteiger partial charge in [0.25, 0.3) is 0 Å². The van der Waals surface area contributed by atoms with Crippen molar-refractivity contribution in [1.82, 2.24) is 29.1 Å². The van der Waals surface area contributed by atoms with Crippen LogP contribution in [0.2, 0.25) is 78.6 Å². The molecule has 4 rings (SSSR count). The first-order chi connectivity index (χ1) is 28.7. The summed E-state index contributed by atoms with van der Waals surface area (Å²) in [6.45, 7) is 33.6. The molecular weight excluding hydrogens is 857 g/mol. The number of nitrogens with one attached hydrogen (secondary N) is 2. The van der Waals surface area contributed by atoms with Crippen LogP contribution in [0.1, 0.15) is 13.8 Å². The quantitative estimate of drug-likeness (QED) is 0.0475. The molecule has 0 aliphatic heterocycles. The van der Waals surface area contributed by atoms with Crippen LogP contribution < -0.4 is 9.13 Å². The maximum atomic E-state index is 11.7. The second kappa shape index (κ2) is 28.3. The molecule has 62 heavy (non-hydrogen) atoms. The van der Waals surface area contributed by atoms with E-state index in [4.69, 9.17) is 18.9 Å². The molecule has 4 aromatic heterocycles. The monoisotopic (exact) mass is 939 g/mol. The van der Waals surface area contributed by atoms with Crippen LogP contribution in [-0.2, 0) is 54.7 Å². The van der Waals surface area contributed by atoms with Crippen molar-refractivity contribution < 1.29 is 47.9 Å². The summed E-state index contributed by atoms with van der Waals surface area (Å²) in [6, 6.07) is 0. The summed E-state index contributed by atoms with van der Waals surface area (Å²) >= 11 is 0. The van der Waals surface area contributed by atoms with Gasteiger partial charge in [-0.15, -0.1) is 0 Å². The lowest BCUT2D eigenvalue weighted by atomic mass is 10.2. The number of rotatable bonds is 22. The molecule has 0 bridgehead atoms. The normalized spacial score (nSPS) is 13.8. The molecule has 0 aromatic carbocycles. The number of imidazole rings is 4. The minimum absolute atomic E-state index is 0.0999. The largest absolute Gasteiger partial charge is 0.469 e. The average Bonchev–Trinajstić information content (AvgIpc) is 3.99. The molecule has 16 nitrogen and oxygen atoms in total. The Hall–Kier alpha value is -3.51. The van der Waals surface area contributed by atoms with Crippen LogP contribution in [-0.4, -0.2) is 134 Å². The number of hydrogen-bond acceptors (Lipinski definition) is 10. The number of esters is 2. The fourth-order valence-electron chi connectivity index (χ4n) is 4.89. The van der Waals surface area contributed by atoms with E-state index in [-0.39, 0.29) is 23.8 Å². The number of carbonyl (C=O) groups is 2. The molecular formula is C42H82N8O8Si4+2. The Kier molecular flexibility index (Phi) is 25.8. The molecule has 0 aliphatic carbocycles. The SMILES string of the molecule is CC(C[n+]1cc[nH]c1)C(=O)OC[Si](C)(C)C.CC(Cn1ccnc1)C(=O)OC[Si](C)(C)C.C[Si](C)(C)COCC(O)C[n+]1cc[nH]c1.C[Si](C)(C)COCC(O)Cn1ccnc1. The molecule has 0 radical (unpaired) electrons. The van der Waals surface area contributed by atoms with Gasteiger partial charge in [-0.05, 0) is 6.92 Å². The lowest BCUT2D eigenvalue weighted by molar-refractivity contribution is -0.702. The molecule has 0 fully saturated rings. The van der Waals surface area contributed by atoms with Gasteiger partial charge in [0.2, 0.25) is 12.7 Å². The van der Waals surface area contributed by atoms with Crippen molar-refractivity contribution >= 4 is 44.2 Å². The number of nitrogens with zero attached hydrogens (tertiary/aromatic N) is 6. The number of aliphatic hydroxyl groups is 2. The maximum absolute atomic E-state index is 11.7. The Morgan fingerprint density at radius 3 is 1.39 bits per heavy atom. The number of aromatic nitrogens is 8. The van der Waals surface area contributed by atoms with Gasteiger partial charge in [-0.1, -0.05) is 85.5 Å². The third kappa shape index (κ3) is 31.3. The lowest BCUT2D eigenvalue weighted by Gasteiger charge is -2.18. The van der Waals surface area contributed by atoms with Gasteiger partial charge in [0.1, 0.15) is 44.0 Å². The first-order valence-electron chi connectivity index (χ1n) is 21.5. The third-order valence-electron chi connectivity index (χ3n) is 7.93. The smallest absolute Gasteiger partial charge is 0.312 e. The Bertz CT molecular complexity index is 1580. The van der Waals surface area contributed by atoms with E-state index in [9.17, 15) is 19.8 Å². The predicted molar refractivity (Wildman–Crippen MR) is 254 cm³/mol. The number of H-pyrrole nitrogens is 2. The van der Waals surface area contributed by atoms with E-state index >= 15 is 0 Å². The molecule has 4 unspecified atom stereocenters. The van der Waals surface area contributed by atoms with Gasteiger partial charge in [-0.25, -0.2) is 19.1 Å². The van der Waals surface area contributed by atoms with E-state index in [1.807, 2.05) is 82.0 Å². The van der Waals surface area contributed by atoms with Gasteiger partial charge in [-0.2, -0.15) is 0 Å². The van der Waals surface area contributed by atoms with Crippen LogP contribution in [0.4, 0.5) is 0 Å². The highest BCUT2D eigenvalue weighted by atomic mass is 28.3. The molecule has 0 aliphatic rings. The fraction of sp³-hybridized carbons (Fsp3) is 0.667. The van der Waals surface area contributed by atoms with Crippen molar-refractivity contribution in [1.29, 1.82) is 0 Å². The summed E-state index contributed by atoms with van der Waals surface area (Å²) in [5.41, 5.74) is 0. The van der Waals surface area contributed by atoms with Gasteiger partial charge >= 0.3 is 11.9 Å². The van der Waals surface area contributed by atoms with E-state index in [1.165, 1.54) is 0 Å². The third-order valence-corrected chi connectivity index (χ3v) is 12.1. The maximum Gasteiger partial charge on any atom is 0.312 e. The highest BCUT2D eigenvalue weighted by Crippen LogP contribution is 2.08. The van der Waals surface area contributed by atoms with Gasteiger partial charge in [-0.3, -0.25) is 19.6 Å². The van der Waals surface area contributed by atoms with Crippen molar-refractivity contribution in [3.05, 3.63) is 74.9 Å². The van der Waals surface area contributed by atoms with Crippen molar-refractivity contribution in [2.75, 3.05) is 38.1 Å². The van der Waals surface area contributed by atoms with Crippen LogP contribution >= 0.6 is 0 Å². The molecule has 4 atom stereocenters. The second-order valence-corrected chi connectivity index (χ2v) is 42.4. The van der Waals surface area contributed by atoms with Crippen molar-refractivity contribution in [2.45, 2.75) is 131 Å². The van der Waals surface area contributed by atoms with Crippen LogP contribution in [0.3, 0.4) is 0 Å². The minimum Gasteiger partial charge on any atom is -0.469 e. The summed E-state index contributed by atoms with van der Waals surface area (Å²) < 4.78 is 29.2. The molecule has 0 amide bonds. The van der Waals surface area contributed by atoms with Crippen molar-refractivity contribution in [3.63, 3.8) is 0 Å². The summed E-state index contributed by atoms with van der Waals surface area (Å²) in [5.74, 6) is -0.435. The number of ether oxygens (including phenoxy) is 4. The lowest BCUT2D eigenvalue weighted by Crippen LogP contribution is -2.40. The molecule has 0 saturated heterocycles. The van der Waals surface area contributed by atoms with Crippen molar-refractivity contribution in [3.8, 4) is 0 Å². The summed E-state index contributed by atoms with van der Waals surface area (Å²) in [5, 5.41) is 19.3. The van der Waals surface area contributed by atoms with Gasteiger partial charge in [0, 0.05) is 43.8 Å². The highest BCUT2D eigenvalue weighted by molar-refractivity contribution is 6.77. The Labute approximate surface area is 375 Å². The van der Waals surface area contributed by atoms with Gasteiger partial charge < -0.3 is 38.3 Å². The Morgan fingerprint density at radius 1 is 0.597 bits per heavy atom. The second-order valence-electron chi connectivity index (χ2n) is 20.7. The first-order valence-corrected chi connectivity index (χ1v) is 36.3. The van der Waals surface area contributed by atoms with Crippen LogP contribution in [0.25, 0.3) is 0 Å². The van der Waals surface area contributed by atoms with E-state index < -0.39 is 44.5 Å². The van der Waals surface area contributed by atoms with E-state index in [0.717, 1.165) is 12.5 Å². The molecule has 0 saturated carbocycles. The van der Waals surface area contributed by atoms with E-state index in [1.54, 1.807) is 25.0 Å². The number of carbonyl (C=O) groups excluding carboxylic acids is 2. The summed E-state index contributed by atoms with van der Waals surface area (Å²) in [4.78, 5) is 37.1. The topological polar surface area (TPSA) is 186 Å². The molecule has 4 heterocycles. The first kappa shape index (κ1) is 56.5. The molecule has 4 N–H and O–H groups in total. The molecule has 20 heteroatoms. The number of aliphatic hydroxyl groups excluding tert-OH is 2. The van der Waals surface area contributed by atoms with Crippen molar-refractivity contribution in [2.24, 2.45) is 11.8 Å². The van der Waals surface area contributed by atoms with Crippen LogP contribution in [0, 0.1) is 11.8 Å². The predicted octanol–water partition coefficient (Wildman–Crippen LogP) is 4.99. The number of aromatic amines is 2. The fourth-order valence-corrected chi connectivity index (χ4v) is 7.50. The summed E-state index contributed by atoms with van der Waals surface area (Å²) in [7, 11) is -4.91. The van der Waals surface area contributed by atoms with Gasteiger partial charge in [0.05, 0.1) is 95.1 Å². The molecule has 0 spiro atoms. The Morgan fingerprint density at radius 2 is 1.00 bits per heavy atom. The Balaban J connectivity index is 0.000000414. The van der Waals surface area contributed by atoms with Crippen LogP contribution in [0.5, 0.6) is 0 Å². The zero-order valence-electron chi connectivity index (χ0n) is 40.3. The highest BCUT2D eigenvalue weighted by Gasteiger charge is 2.23. The minimum atomic E-state index is -1.31. The summed E-state index contributed by atoms with van der Waals surface area (Å²) in [6.07, 6.45) is 23.6. The standard InChI is InChI=1S/2C11H20N2O2Si.2C10H20N2O2Si/c2*1-10(7-13-6-5-12-8-13)11(14)15-9-16(2,3)4;2*1-15(2,3)9-14-7-10(13)6-12-5-4-11-8-12/h2*5-6,8,10H,7,9H2,1-4H3;2*4-5,8,10,13H,6-7,9H2,1-3H3/p+2. The number of hydrogen-bond donors (Lipinski definition) is 4. The zero-order chi connectivity index (χ0) is 47.0. The average molecular weight is 940 g/mol. The van der Waals surface area contributed by atoms with E-state index in [0.29, 0.717) is 51.9 Å². The van der Waals surface area contributed by atoms with Gasteiger partial charge in [0.15, 0.2) is 0 Å². The zero-order valence-corrected chi connectivity index (χ0v) is 44.3. The molecule has 4 aromatic rings.